The molecule has 146 valence electrons. The summed E-state index contributed by atoms with van der Waals surface area (Å²) in [5.74, 6) is -2.74. The van der Waals surface area contributed by atoms with Gasteiger partial charge < -0.3 is 15.7 Å². The molecule has 1 aromatic heterocycles. The Balaban J connectivity index is 0.000000321. The van der Waals surface area contributed by atoms with Gasteiger partial charge in [-0.25, -0.2) is 4.79 Å². The SMILES string of the molecule is CC(Cc1cccs1)NC(=O)c1ccc2c(c1)CCN2.O=C(O)C(F)(F)F. The Morgan fingerprint density at radius 3 is 2.63 bits per heavy atom. The van der Waals surface area contributed by atoms with E-state index in [0.29, 0.717) is 0 Å². The molecule has 2 aromatic rings. The Hall–Kier alpha value is -2.55. The molecule has 9 heteroatoms. The molecule has 0 aliphatic carbocycles. The molecule has 2 heterocycles. The third-order valence-corrected chi connectivity index (χ3v) is 4.68. The average molecular weight is 400 g/mol. The lowest BCUT2D eigenvalue weighted by Crippen LogP contribution is -2.33. The molecule has 0 saturated carbocycles. The van der Waals surface area contributed by atoms with E-state index < -0.39 is 12.1 Å². The van der Waals surface area contributed by atoms with E-state index in [1.165, 1.54) is 10.4 Å². The number of hydrogen-bond acceptors (Lipinski definition) is 4. The summed E-state index contributed by atoms with van der Waals surface area (Å²) < 4.78 is 31.7. The normalized spacial score (nSPS) is 13.6. The number of carboxylic acids is 1. The van der Waals surface area contributed by atoms with Gasteiger partial charge in [0, 0.05) is 35.1 Å². The zero-order valence-corrected chi connectivity index (χ0v) is 15.3. The molecule has 0 radical (unpaired) electrons. The molecule has 0 bridgehead atoms. The van der Waals surface area contributed by atoms with Crippen LogP contribution in [0, 0.1) is 0 Å². The minimum absolute atomic E-state index is 0.0174. The first-order valence-electron chi connectivity index (χ1n) is 8.17. The van der Waals surface area contributed by atoms with Crippen molar-refractivity contribution in [3.63, 3.8) is 0 Å². The number of thiophene rings is 1. The summed E-state index contributed by atoms with van der Waals surface area (Å²) in [6, 6.07) is 10.2. The molecule has 1 aromatic carbocycles. The van der Waals surface area contributed by atoms with Crippen molar-refractivity contribution in [3.05, 3.63) is 51.7 Å². The van der Waals surface area contributed by atoms with E-state index in [0.717, 1.165) is 30.6 Å². The van der Waals surface area contributed by atoms with Gasteiger partial charge in [-0.05, 0) is 48.6 Å². The molecule has 27 heavy (non-hydrogen) atoms. The van der Waals surface area contributed by atoms with Crippen molar-refractivity contribution in [2.45, 2.75) is 32.0 Å². The molecule has 1 aliphatic heterocycles. The molecule has 0 spiro atoms. The second kappa shape index (κ2) is 8.90. The molecule has 0 fully saturated rings. The van der Waals surface area contributed by atoms with Crippen LogP contribution in [0.2, 0.25) is 0 Å². The van der Waals surface area contributed by atoms with Gasteiger partial charge in [0.15, 0.2) is 0 Å². The van der Waals surface area contributed by atoms with Crippen LogP contribution >= 0.6 is 11.3 Å². The van der Waals surface area contributed by atoms with Gasteiger partial charge in [0.05, 0.1) is 0 Å². The van der Waals surface area contributed by atoms with Gasteiger partial charge in [-0.3, -0.25) is 4.79 Å². The van der Waals surface area contributed by atoms with E-state index in [2.05, 4.69) is 22.1 Å². The second-order valence-electron chi connectivity index (χ2n) is 6.01. The van der Waals surface area contributed by atoms with Crippen molar-refractivity contribution in [2.75, 3.05) is 11.9 Å². The number of halogens is 3. The number of carboxylic acid groups (broad SMARTS) is 1. The summed E-state index contributed by atoms with van der Waals surface area (Å²) in [5.41, 5.74) is 3.15. The summed E-state index contributed by atoms with van der Waals surface area (Å²) in [7, 11) is 0. The molecule has 1 aliphatic rings. The monoisotopic (exact) mass is 400 g/mol. The third-order valence-electron chi connectivity index (χ3n) is 3.78. The predicted molar refractivity (Wildman–Crippen MR) is 97.3 cm³/mol. The average Bonchev–Trinajstić information content (AvgIpc) is 3.24. The lowest BCUT2D eigenvalue weighted by molar-refractivity contribution is -0.192. The van der Waals surface area contributed by atoms with Crippen molar-refractivity contribution in [2.24, 2.45) is 0 Å². The van der Waals surface area contributed by atoms with Gasteiger partial charge in [0.25, 0.3) is 5.91 Å². The summed E-state index contributed by atoms with van der Waals surface area (Å²) in [6.45, 7) is 3.02. The van der Waals surface area contributed by atoms with Crippen molar-refractivity contribution in [1.82, 2.24) is 5.32 Å². The molecule has 1 amide bonds. The number of carbonyl (C=O) groups is 2. The highest BCUT2D eigenvalue weighted by atomic mass is 32.1. The zero-order valence-electron chi connectivity index (χ0n) is 14.5. The van der Waals surface area contributed by atoms with Crippen LogP contribution in [0.3, 0.4) is 0 Å². The molecule has 3 N–H and O–H groups in total. The van der Waals surface area contributed by atoms with Crippen LogP contribution in [0.5, 0.6) is 0 Å². The Labute approximate surface area is 158 Å². The highest BCUT2D eigenvalue weighted by molar-refractivity contribution is 7.09. The molecular weight excluding hydrogens is 381 g/mol. The van der Waals surface area contributed by atoms with Crippen LogP contribution in [0.1, 0.15) is 27.7 Å². The van der Waals surface area contributed by atoms with Gasteiger partial charge in [-0.15, -0.1) is 11.3 Å². The minimum Gasteiger partial charge on any atom is -0.475 e. The van der Waals surface area contributed by atoms with Crippen molar-refractivity contribution in [3.8, 4) is 0 Å². The Kier molecular flexibility index (Phi) is 6.84. The van der Waals surface area contributed by atoms with Gasteiger partial charge in [0.2, 0.25) is 0 Å². The molecule has 1 atom stereocenters. The van der Waals surface area contributed by atoms with E-state index in [-0.39, 0.29) is 11.9 Å². The number of alkyl halides is 3. The van der Waals surface area contributed by atoms with Crippen LogP contribution in [-0.2, 0) is 17.6 Å². The first kappa shape index (κ1) is 20.8. The Morgan fingerprint density at radius 2 is 2.04 bits per heavy atom. The molecule has 1 unspecified atom stereocenters. The number of amides is 1. The smallest absolute Gasteiger partial charge is 0.475 e. The second-order valence-corrected chi connectivity index (χ2v) is 7.04. The number of hydrogen-bond donors (Lipinski definition) is 3. The minimum atomic E-state index is -5.08. The van der Waals surface area contributed by atoms with Crippen LogP contribution in [-0.4, -0.2) is 35.7 Å². The van der Waals surface area contributed by atoms with Crippen LogP contribution in [0.4, 0.5) is 18.9 Å². The summed E-state index contributed by atoms with van der Waals surface area (Å²) >= 11 is 1.73. The summed E-state index contributed by atoms with van der Waals surface area (Å²) in [4.78, 5) is 22.5. The summed E-state index contributed by atoms with van der Waals surface area (Å²) in [5, 5.41) is 15.6. The fourth-order valence-electron chi connectivity index (χ4n) is 2.53. The maximum atomic E-state index is 12.3. The number of nitrogens with one attached hydrogen (secondary N) is 2. The molecule has 0 saturated heterocycles. The first-order chi connectivity index (χ1) is 12.7. The van der Waals surface area contributed by atoms with E-state index in [1.54, 1.807) is 11.3 Å². The molecule has 5 nitrogen and oxygen atoms in total. The Bertz CT molecular complexity index is 792. The number of benzene rings is 1. The van der Waals surface area contributed by atoms with Gasteiger partial charge in [-0.1, -0.05) is 6.07 Å². The van der Waals surface area contributed by atoms with E-state index >= 15 is 0 Å². The zero-order chi connectivity index (χ0) is 20.0. The van der Waals surface area contributed by atoms with Crippen LogP contribution in [0.15, 0.2) is 35.7 Å². The topological polar surface area (TPSA) is 78.4 Å². The molecular formula is C18H19F3N2O3S. The van der Waals surface area contributed by atoms with Gasteiger partial charge in [-0.2, -0.15) is 13.2 Å². The van der Waals surface area contributed by atoms with Crippen molar-refractivity contribution in [1.29, 1.82) is 0 Å². The first-order valence-corrected chi connectivity index (χ1v) is 9.05. The fourth-order valence-corrected chi connectivity index (χ4v) is 3.37. The lowest BCUT2D eigenvalue weighted by atomic mass is 10.1. The van der Waals surface area contributed by atoms with Gasteiger partial charge in [0.1, 0.15) is 0 Å². The van der Waals surface area contributed by atoms with Gasteiger partial charge >= 0.3 is 12.1 Å². The van der Waals surface area contributed by atoms with E-state index in [1.807, 2.05) is 31.2 Å². The highest BCUT2D eigenvalue weighted by Crippen LogP contribution is 2.23. The van der Waals surface area contributed by atoms with Crippen molar-refractivity contribution < 1.29 is 27.9 Å². The number of rotatable bonds is 4. The Morgan fingerprint density at radius 1 is 1.33 bits per heavy atom. The van der Waals surface area contributed by atoms with Crippen LogP contribution < -0.4 is 10.6 Å². The number of carbonyl (C=O) groups excluding carboxylic acids is 1. The maximum Gasteiger partial charge on any atom is 0.490 e. The van der Waals surface area contributed by atoms with E-state index in [9.17, 15) is 18.0 Å². The van der Waals surface area contributed by atoms with Crippen LogP contribution in [0.25, 0.3) is 0 Å². The highest BCUT2D eigenvalue weighted by Gasteiger charge is 2.38. The predicted octanol–water partition coefficient (Wildman–Crippen LogP) is 3.71. The number of fused-ring (bicyclic) bond motifs is 1. The standard InChI is InChI=1S/C16H18N2OS.C2HF3O2/c1-11(9-14-3-2-8-20-14)18-16(19)13-4-5-15-12(10-13)6-7-17-15;3-2(4,5)1(6)7/h2-5,8,10-11,17H,6-7,9H2,1H3,(H,18,19);(H,6,7). The largest absolute Gasteiger partial charge is 0.490 e. The number of anilines is 1. The van der Waals surface area contributed by atoms with Crippen molar-refractivity contribution >= 4 is 28.9 Å². The summed E-state index contributed by atoms with van der Waals surface area (Å²) in [6.07, 6.45) is -3.20. The number of aliphatic carboxylic acids is 1. The fraction of sp³-hybridized carbons (Fsp3) is 0.333. The third kappa shape index (κ3) is 6.28. The lowest BCUT2D eigenvalue weighted by Gasteiger charge is -2.13. The maximum absolute atomic E-state index is 12.3. The quantitative estimate of drug-likeness (QED) is 0.731. The van der Waals surface area contributed by atoms with E-state index in [4.69, 9.17) is 9.90 Å². The molecule has 3 rings (SSSR count).